The van der Waals surface area contributed by atoms with Gasteiger partial charge in [-0.05, 0) is 71.5 Å². The van der Waals surface area contributed by atoms with E-state index in [2.05, 4.69) is 160 Å². The summed E-state index contributed by atoms with van der Waals surface area (Å²) in [5.41, 5.74) is 7.45. The van der Waals surface area contributed by atoms with Crippen molar-refractivity contribution in [3.8, 4) is 0 Å². The molecule has 0 fully saturated rings. The van der Waals surface area contributed by atoms with Crippen molar-refractivity contribution < 1.29 is 0 Å². The van der Waals surface area contributed by atoms with Gasteiger partial charge in [0.2, 0.25) is 0 Å². The highest BCUT2D eigenvalue weighted by atomic mass is 32.1. The third-order valence-electron chi connectivity index (χ3n) is 7.62. The van der Waals surface area contributed by atoms with Gasteiger partial charge >= 0.3 is 0 Å². The molecule has 7 rings (SSSR count). The van der Waals surface area contributed by atoms with Gasteiger partial charge in [-0.15, -0.1) is 22.7 Å². The van der Waals surface area contributed by atoms with Crippen molar-refractivity contribution in [1.82, 2.24) is 0 Å². The zero-order valence-electron chi connectivity index (χ0n) is 23.7. The third-order valence-corrected chi connectivity index (χ3v) is 9.85. The fourth-order valence-electron chi connectivity index (χ4n) is 5.39. The Bertz CT molecular complexity index is 2040. The van der Waals surface area contributed by atoms with Crippen LogP contribution < -0.4 is 0 Å². The van der Waals surface area contributed by atoms with E-state index in [4.69, 9.17) is 0 Å². The average molecular weight is 575 g/mol. The van der Waals surface area contributed by atoms with Crippen molar-refractivity contribution in [3.63, 3.8) is 0 Å². The molecule has 0 N–H and O–H groups in total. The summed E-state index contributed by atoms with van der Waals surface area (Å²) in [7, 11) is 0. The van der Waals surface area contributed by atoms with Crippen LogP contribution in [0.5, 0.6) is 0 Å². The maximum absolute atomic E-state index is 2.29. The molecule has 0 atom stereocenters. The van der Waals surface area contributed by atoms with Gasteiger partial charge in [-0.3, -0.25) is 0 Å². The van der Waals surface area contributed by atoms with Crippen LogP contribution in [-0.4, -0.2) is 0 Å². The van der Waals surface area contributed by atoms with Crippen LogP contribution in [0.25, 0.3) is 64.6 Å². The van der Waals surface area contributed by atoms with E-state index in [0.29, 0.717) is 0 Å². The van der Waals surface area contributed by atoms with Gasteiger partial charge in [-0.1, -0.05) is 121 Å². The summed E-state index contributed by atoms with van der Waals surface area (Å²) in [6, 6.07) is 35.6. The van der Waals surface area contributed by atoms with Crippen molar-refractivity contribution >= 4 is 87.3 Å². The summed E-state index contributed by atoms with van der Waals surface area (Å²) >= 11 is 3.75. The van der Waals surface area contributed by atoms with Gasteiger partial charge in [0, 0.05) is 40.3 Å². The number of hydrogen-bond donors (Lipinski definition) is 0. The van der Waals surface area contributed by atoms with E-state index in [-0.39, 0.29) is 0 Å². The van der Waals surface area contributed by atoms with Crippen LogP contribution >= 0.6 is 22.7 Å². The quantitative estimate of drug-likeness (QED) is 0.173. The molecule has 7 aromatic rings. The molecule has 2 heteroatoms. The fraction of sp³-hybridized carbons (Fsp3) is 0.0500. The molecule has 5 aromatic carbocycles. The monoisotopic (exact) mass is 574 g/mol. The zero-order valence-corrected chi connectivity index (χ0v) is 25.3. The minimum atomic E-state index is 1.19. The van der Waals surface area contributed by atoms with Crippen LogP contribution in [0.3, 0.4) is 0 Å². The van der Waals surface area contributed by atoms with Crippen LogP contribution in [-0.2, 0) is 0 Å². The van der Waals surface area contributed by atoms with Crippen molar-refractivity contribution in [2.75, 3.05) is 0 Å². The molecule has 0 amide bonds. The standard InChI is InChI=1S/C40H30S2/c1-27-11-19-33-35-21-17-31(25-39(35)41-37(33)23-27)9-5-3-7-29-13-15-30(16-14-29)8-4-6-10-32-18-22-36-34-20-12-28(2)24-38(34)42-40(36)26-32/h3-26H,1-2H3. The Kier molecular flexibility index (Phi) is 7.17. The van der Waals surface area contributed by atoms with Crippen LogP contribution in [0.2, 0.25) is 0 Å². The van der Waals surface area contributed by atoms with Crippen LogP contribution in [0, 0.1) is 13.8 Å². The molecule has 2 heterocycles. The highest BCUT2D eigenvalue weighted by Gasteiger charge is 2.06. The number of benzene rings is 5. The molecule has 0 unspecified atom stereocenters. The number of allylic oxidation sites excluding steroid dienone is 4. The number of thiophene rings is 2. The lowest BCUT2D eigenvalue weighted by Crippen LogP contribution is -1.74. The Morgan fingerprint density at radius 1 is 0.357 bits per heavy atom. The molecular weight excluding hydrogens is 545 g/mol. The van der Waals surface area contributed by atoms with Gasteiger partial charge in [-0.2, -0.15) is 0 Å². The third kappa shape index (κ3) is 5.52. The Morgan fingerprint density at radius 2 is 0.667 bits per heavy atom. The molecule has 0 radical (unpaired) electrons. The van der Waals surface area contributed by atoms with Crippen LogP contribution in [0.4, 0.5) is 0 Å². The van der Waals surface area contributed by atoms with E-state index in [1.165, 1.54) is 73.7 Å². The molecule has 0 nitrogen and oxygen atoms in total. The van der Waals surface area contributed by atoms with Crippen LogP contribution in [0.1, 0.15) is 33.4 Å². The van der Waals surface area contributed by atoms with Gasteiger partial charge in [0.1, 0.15) is 0 Å². The fourth-order valence-corrected chi connectivity index (χ4v) is 7.90. The molecule has 0 aliphatic rings. The highest BCUT2D eigenvalue weighted by Crippen LogP contribution is 2.36. The lowest BCUT2D eigenvalue weighted by atomic mass is 10.1. The molecule has 2 aromatic heterocycles. The Labute approximate surface area is 254 Å². The molecular formula is C40H30S2. The lowest BCUT2D eigenvalue weighted by molar-refractivity contribution is 1.52. The largest absolute Gasteiger partial charge is 0.135 e. The normalized spacial score (nSPS) is 12.6. The number of rotatable bonds is 6. The highest BCUT2D eigenvalue weighted by molar-refractivity contribution is 7.26. The van der Waals surface area contributed by atoms with E-state index >= 15 is 0 Å². The summed E-state index contributed by atoms with van der Waals surface area (Å²) in [5.74, 6) is 0. The molecule has 0 saturated carbocycles. The topological polar surface area (TPSA) is 0 Å². The van der Waals surface area contributed by atoms with E-state index in [9.17, 15) is 0 Å². The van der Waals surface area contributed by atoms with Crippen molar-refractivity contribution in [1.29, 1.82) is 0 Å². The van der Waals surface area contributed by atoms with Gasteiger partial charge in [0.05, 0.1) is 0 Å². The van der Waals surface area contributed by atoms with E-state index in [0.717, 1.165) is 0 Å². The van der Waals surface area contributed by atoms with Crippen molar-refractivity contribution in [2.24, 2.45) is 0 Å². The zero-order chi connectivity index (χ0) is 28.5. The molecule has 0 aliphatic carbocycles. The summed E-state index contributed by atoms with van der Waals surface area (Å²) in [4.78, 5) is 0. The first-order valence-corrected chi connectivity index (χ1v) is 15.9. The smallest absolute Gasteiger partial charge is 0.0361 e. The van der Waals surface area contributed by atoms with E-state index in [1.54, 1.807) is 0 Å². The minimum Gasteiger partial charge on any atom is -0.135 e. The van der Waals surface area contributed by atoms with Gasteiger partial charge in [0.15, 0.2) is 0 Å². The van der Waals surface area contributed by atoms with Crippen molar-refractivity contribution in [2.45, 2.75) is 13.8 Å². The second-order valence-electron chi connectivity index (χ2n) is 10.8. The van der Waals surface area contributed by atoms with Crippen LogP contribution in [0.15, 0.2) is 121 Å². The Balaban J connectivity index is 0.974. The van der Waals surface area contributed by atoms with Crippen molar-refractivity contribution in [3.05, 3.63) is 155 Å². The lowest BCUT2D eigenvalue weighted by Gasteiger charge is -1.96. The van der Waals surface area contributed by atoms with Gasteiger partial charge in [-0.25, -0.2) is 0 Å². The molecule has 0 spiro atoms. The van der Waals surface area contributed by atoms with Gasteiger partial charge < -0.3 is 0 Å². The average Bonchev–Trinajstić information content (AvgIpc) is 3.54. The first-order chi connectivity index (χ1) is 20.6. The molecule has 42 heavy (non-hydrogen) atoms. The maximum Gasteiger partial charge on any atom is 0.0361 e. The Hall–Kier alpha value is -4.50. The van der Waals surface area contributed by atoms with E-state index in [1.807, 2.05) is 22.7 Å². The minimum absolute atomic E-state index is 1.19. The predicted molar refractivity (Wildman–Crippen MR) is 191 cm³/mol. The second-order valence-corrected chi connectivity index (χ2v) is 13.0. The van der Waals surface area contributed by atoms with E-state index < -0.39 is 0 Å². The summed E-state index contributed by atoms with van der Waals surface area (Å²) in [6.45, 7) is 4.31. The predicted octanol–water partition coefficient (Wildman–Crippen LogP) is 12.5. The molecule has 0 aliphatic heterocycles. The summed E-state index contributed by atoms with van der Waals surface area (Å²) in [5, 5.41) is 5.39. The SMILES string of the molecule is Cc1ccc2c(c1)sc1cc(C=CC=Cc3ccc(C=CC=Cc4ccc5c(c4)sc4cc(C)ccc45)cc3)ccc12. The number of hydrogen-bond acceptors (Lipinski definition) is 2. The number of fused-ring (bicyclic) bond motifs is 6. The maximum atomic E-state index is 2.29. The second kappa shape index (κ2) is 11.4. The Morgan fingerprint density at radius 3 is 1.07 bits per heavy atom. The number of aryl methyl sites for hydroxylation is 2. The summed E-state index contributed by atoms with van der Waals surface area (Å²) in [6.07, 6.45) is 17.1. The first kappa shape index (κ1) is 26.4. The summed E-state index contributed by atoms with van der Waals surface area (Å²) < 4.78 is 5.40. The first-order valence-electron chi connectivity index (χ1n) is 14.2. The molecule has 202 valence electrons. The molecule has 0 saturated heterocycles. The molecule has 0 bridgehead atoms. The van der Waals surface area contributed by atoms with Gasteiger partial charge in [0.25, 0.3) is 0 Å².